The summed E-state index contributed by atoms with van der Waals surface area (Å²) in [6, 6.07) is 0.944. The fourth-order valence-electron chi connectivity index (χ4n) is 3.90. The van der Waals surface area contributed by atoms with Crippen molar-refractivity contribution in [3.63, 3.8) is 0 Å². The Morgan fingerprint density at radius 2 is 1.81 bits per heavy atom. The molecule has 0 aromatic carbocycles. The lowest BCUT2D eigenvalue weighted by Crippen LogP contribution is -2.39. The number of hydrogen-bond acceptors (Lipinski definition) is 2. The Balaban J connectivity index is 1.60. The lowest BCUT2D eigenvalue weighted by atomic mass is 9.95. The van der Waals surface area contributed by atoms with Gasteiger partial charge >= 0.3 is 0 Å². The highest BCUT2D eigenvalue weighted by Gasteiger charge is 2.45. The topological polar surface area (TPSA) is 3.24 Å². The van der Waals surface area contributed by atoms with Crippen molar-refractivity contribution in [3.8, 4) is 0 Å². The van der Waals surface area contributed by atoms with E-state index in [4.69, 9.17) is 0 Å². The van der Waals surface area contributed by atoms with E-state index in [0.29, 0.717) is 5.41 Å². The van der Waals surface area contributed by atoms with Gasteiger partial charge in [-0.3, -0.25) is 4.90 Å². The molecule has 1 saturated heterocycles. The highest BCUT2D eigenvalue weighted by molar-refractivity contribution is 7.80. The van der Waals surface area contributed by atoms with Crippen LogP contribution in [0.25, 0.3) is 0 Å². The van der Waals surface area contributed by atoms with Gasteiger partial charge in [0, 0.05) is 12.6 Å². The first-order valence-electron chi connectivity index (χ1n) is 7.18. The third kappa shape index (κ3) is 2.15. The van der Waals surface area contributed by atoms with Crippen molar-refractivity contribution in [2.24, 2.45) is 11.3 Å². The largest absolute Gasteiger partial charge is 0.300 e. The Hall–Kier alpha value is 0.310. The van der Waals surface area contributed by atoms with Crippen molar-refractivity contribution in [2.75, 3.05) is 18.8 Å². The zero-order valence-electron chi connectivity index (χ0n) is 10.3. The molecule has 2 heteroatoms. The van der Waals surface area contributed by atoms with E-state index >= 15 is 0 Å². The van der Waals surface area contributed by atoms with Gasteiger partial charge in [-0.25, -0.2) is 0 Å². The Bertz CT molecular complexity index is 243. The molecule has 2 saturated carbocycles. The van der Waals surface area contributed by atoms with Crippen LogP contribution in [0.15, 0.2) is 0 Å². The SMILES string of the molecule is SCC1(CN2CCCC2C2CCCC2)CC1. The molecule has 3 rings (SSSR count). The average molecular weight is 239 g/mol. The highest BCUT2D eigenvalue weighted by atomic mass is 32.1. The minimum absolute atomic E-state index is 0.629. The molecule has 0 bridgehead atoms. The molecule has 3 fully saturated rings. The Morgan fingerprint density at radius 1 is 1.06 bits per heavy atom. The molecule has 3 aliphatic rings. The first-order chi connectivity index (χ1) is 7.83. The maximum absolute atomic E-state index is 4.55. The van der Waals surface area contributed by atoms with E-state index in [2.05, 4.69) is 17.5 Å². The molecule has 1 atom stereocenters. The van der Waals surface area contributed by atoms with Gasteiger partial charge in [0.15, 0.2) is 0 Å². The van der Waals surface area contributed by atoms with E-state index in [0.717, 1.165) is 17.7 Å². The van der Waals surface area contributed by atoms with E-state index in [1.165, 1.54) is 64.5 Å². The summed E-state index contributed by atoms with van der Waals surface area (Å²) < 4.78 is 0. The lowest BCUT2D eigenvalue weighted by Gasteiger charge is -2.32. The number of nitrogens with zero attached hydrogens (tertiary/aromatic N) is 1. The van der Waals surface area contributed by atoms with Gasteiger partial charge in [0.1, 0.15) is 0 Å². The summed E-state index contributed by atoms with van der Waals surface area (Å²) in [5.74, 6) is 2.15. The second-order valence-electron chi connectivity index (χ2n) is 6.38. The molecule has 92 valence electrons. The van der Waals surface area contributed by atoms with E-state index < -0.39 is 0 Å². The van der Waals surface area contributed by atoms with Gasteiger partial charge in [-0.1, -0.05) is 12.8 Å². The standard InChI is InChI=1S/C14H25NS/c16-11-14(7-8-14)10-15-9-3-6-13(15)12-4-1-2-5-12/h12-13,16H,1-11H2. The number of rotatable bonds is 4. The van der Waals surface area contributed by atoms with Crippen molar-refractivity contribution < 1.29 is 0 Å². The number of hydrogen-bond donors (Lipinski definition) is 1. The predicted molar refractivity (Wildman–Crippen MR) is 72.1 cm³/mol. The van der Waals surface area contributed by atoms with Gasteiger partial charge in [-0.2, -0.15) is 12.6 Å². The van der Waals surface area contributed by atoms with Gasteiger partial charge in [-0.05, 0) is 62.2 Å². The summed E-state index contributed by atoms with van der Waals surface area (Å²) >= 11 is 4.55. The molecule has 1 aliphatic heterocycles. The molecule has 1 nitrogen and oxygen atoms in total. The minimum atomic E-state index is 0.629. The summed E-state index contributed by atoms with van der Waals surface area (Å²) in [7, 11) is 0. The molecule has 2 aliphatic carbocycles. The first-order valence-corrected chi connectivity index (χ1v) is 7.81. The van der Waals surface area contributed by atoms with Crippen LogP contribution in [0.3, 0.4) is 0 Å². The smallest absolute Gasteiger partial charge is 0.0124 e. The van der Waals surface area contributed by atoms with E-state index in [9.17, 15) is 0 Å². The second kappa shape index (κ2) is 4.53. The molecule has 16 heavy (non-hydrogen) atoms. The summed E-state index contributed by atoms with van der Waals surface area (Å²) in [6.45, 7) is 2.73. The van der Waals surface area contributed by atoms with Crippen molar-refractivity contribution in [1.29, 1.82) is 0 Å². The molecule has 1 heterocycles. The molecule has 0 aromatic rings. The van der Waals surface area contributed by atoms with Gasteiger partial charge in [0.2, 0.25) is 0 Å². The van der Waals surface area contributed by atoms with Crippen LogP contribution in [0.4, 0.5) is 0 Å². The van der Waals surface area contributed by atoms with Crippen LogP contribution in [-0.2, 0) is 0 Å². The average Bonchev–Trinajstić information content (AvgIpc) is 2.71. The van der Waals surface area contributed by atoms with E-state index in [1.807, 2.05) is 0 Å². The summed E-state index contributed by atoms with van der Waals surface area (Å²) in [5, 5.41) is 0. The minimum Gasteiger partial charge on any atom is -0.300 e. The molecule has 0 spiro atoms. The van der Waals surface area contributed by atoms with Gasteiger partial charge < -0.3 is 0 Å². The van der Waals surface area contributed by atoms with Crippen LogP contribution in [0, 0.1) is 11.3 Å². The quantitative estimate of drug-likeness (QED) is 0.736. The maximum Gasteiger partial charge on any atom is 0.0124 e. The Morgan fingerprint density at radius 3 is 2.44 bits per heavy atom. The van der Waals surface area contributed by atoms with Crippen molar-refractivity contribution in [3.05, 3.63) is 0 Å². The second-order valence-corrected chi connectivity index (χ2v) is 6.70. The third-order valence-electron chi connectivity index (χ3n) is 5.19. The molecule has 1 unspecified atom stereocenters. The zero-order chi connectivity index (χ0) is 11.0. The first kappa shape index (κ1) is 11.4. The number of likely N-dealkylation sites (tertiary alicyclic amines) is 1. The maximum atomic E-state index is 4.55. The third-order valence-corrected chi connectivity index (χ3v) is 5.86. The molecule has 0 aromatic heterocycles. The predicted octanol–water partition coefficient (Wildman–Crippen LogP) is 3.35. The fourth-order valence-corrected chi connectivity index (χ4v) is 4.31. The van der Waals surface area contributed by atoms with E-state index in [-0.39, 0.29) is 0 Å². The van der Waals surface area contributed by atoms with Crippen LogP contribution in [0.1, 0.15) is 51.4 Å². The monoisotopic (exact) mass is 239 g/mol. The fraction of sp³-hybridized carbons (Fsp3) is 1.00. The van der Waals surface area contributed by atoms with Crippen LogP contribution in [0.5, 0.6) is 0 Å². The normalized spacial score (nSPS) is 34.7. The summed E-state index contributed by atoms with van der Waals surface area (Å²) in [6.07, 6.45) is 11.8. The molecule has 0 N–H and O–H groups in total. The molecular weight excluding hydrogens is 214 g/mol. The molecule has 0 amide bonds. The van der Waals surface area contributed by atoms with Gasteiger partial charge in [0.05, 0.1) is 0 Å². The van der Waals surface area contributed by atoms with Crippen LogP contribution >= 0.6 is 12.6 Å². The van der Waals surface area contributed by atoms with Crippen LogP contribution in [-0.4, -0.2) is 29.8 Å². The van der Waals surface area contributed by atoms with Crippen molar-refractivity contribution in [2.45, 2.75) is 57.4 Å². The van der Waals surface area contributed by atoms with Crippen LogP contribution in [0.2, 0.25) is 0 Å². The molecule has 0 radical (unpaired) electrons. The summed E-state index contributed by atoms with van der Waals surface area (Å²) in [4.78, 5) is 2.83. The Labute approximate surface area is 105 Å². The van der Waals surface area contributed by atoms with Gasteiger partial charge in [-0.15, -0.1) is 0 Å². The lowest BCUT2D eigenvalue weighted by molar-refractivity contribution is 0.163. The van der Waals surface area contributed by atoms with Crippen molar-refractivity contribution >= 4 is 12.6 Å². The molecular formula is C14H25NS. The highest BCUT2D eigenvalue weighted by Crippen LogP contribution is 2.48. The number of thiol groups is 1. The van der Waals surface area contributed by atoms with Crippen LogP contribution < -0.4 is 0 Å². The van der Waals surface area contributed by atoms with E-state index in [1.54, 1.807) is 0 Å². The zero-order valence-corrected chi connectivity index (χ0v) is 11.2. The summed E-state index contributed by atoms with van der Waals surface area (Å²) in [5.41, 5.74) is 0.629. The van der Waals surface area contributed by atoms with Crippen molar-refractivity contribution in [1.82, 2.24) is 4.90 Å². The Kier molecular flexibility index (Phi) is 3.23. The van der Waals surface area contributed by atoms with Gasteiger partial charge in [0.25, 0.3) is 0 Å².